The molecule has 2 aromatic heterocycles. The second-order valence-corrected chi connectivity index (χ2v) is 6.58. The highest BCUT2D eigenvalue weighted by Gasteiger charge is 2.37. The van der Waals surface area contributed by atoms with E-state index in [2.05, 4.69) is 25.7 Å². The van der Waals surface area contributed by atoms with Gasteiger partial charge in [-0.05, 0) is 44.7 Å². The van der Waals surface area contributed by atoms with Gasteiger partial charge in [0, 0.05) is 24.8 Å². The van der Waals surface area contributed by atoms with Crippen LogP contribution in [0, 0.1) is 18.8 Å². The van der Waals surface area contributed by atoms with Gasteiger partial charge in [0.05, 0.1) is 23.8 Å². The van der Waals surface area contributed by atoms with Crippen LogP contribution in [-0.2, 0) is 7.05 Å². The number of hydrogen-bond donors (Lipinski definition) is 2. The molecule has 0 bridgehead atoms. The first-order valence-corrected chi connectivity index (χ1v) is 7.99. The number of hydrogen-bond acceptors (Lipinski definition) is 5. The van der Waals surface area contributed by atoms with Crippen molar-refractivity contribution in [2.45, 2.75) is 25.8 Å². The summed E-state index contributed by atoms with van der Waals surface area (Å²) in [6, 6.07) is 0.539. The second kappa shape index (κ2) is 5.35. The molecule has 116 valence electrons. The molecule has 1 saturated carbocycles. The lowest BCUT2D eigenvalue weighted by molar-refractivity contribution is 0.494. The van der Waals surface area contributed by atoms with E-state index in [0.717, 1.165) is 34.6 Å². The number of aromatic nitrogens is 4. The van der Waals surface area contributed by atoms with Crippen molar-refractivity contribution in [1.29, 1.82) is 0 Å². The van der Waals surface area contributed by atoms with E-state index in [4.69, 9.17) is 0 Å². The van der Waals surface area contributed by atoms with Crippen LogP contribution < -0.4 is 10.6 Å². The Morgan fingerprint density at radius 2 is 1.95 bits per heavy atom. The number of rotatable bonds is 3. The molecule has 1 aliphatic carbocycles. The summed E-state index contributed by atoms with van der Waals surface area (Å²) < 4.78 is 1.81. The molecule has 6 heteroatoms. The Hall–Kier alpha value is -1.95. The molecule has 22 heavy (non-hydrogen) atoms. The first-order chi connectivity index (χ1) is 10.7. The SMILES string of the molecule is Cc1nn(C)cc1-c1cnc(NC2CC3CNCC3C2)cn1. The summed E-state index contributed by atoms with van der Waals surface area (Å²) >= 11 is 0. The van der Waals surface area contributed by atoms with Crippen molar-refractivity contribution in [2.24, 2.45) is 18.9 Å². The van der Waals surface area contributed by atoms with E-state index in [9.17, 15) is 0 Å². The monoisotopic (exact) mass is 298 g/mol. The molecule has 2 N–H and O–H groups in total. The normalized spacial score (nSPS) is 27.1. The fourth-order valence-electron chi connectivity index (χ4n) is 3.89. The van der Waals surface area contributed by atoms with Crippen molar-refractivity contribution >= 4 is 5.82 Å². The Balaban J connectivity index is 1.45. The van der Waals surface area contributed by atoms with Crippen molar-refractivity contribution in [3.05, 3.63) is 24.3 Å². The van der Waals surface area contributed by atoms with Gasteiger partial charge in [0.15, 0.2) is 0 Å². The van der Waals surface area contributed by atoms with Crippen LogP contribution in [0.15, 0.2) is 18.6 Å². The van der Waals surface area contributed by atoms with Crippen molar-refractivity contribution in [3.63, 3.8) is 0 Å². The minimum Gasteiger partial charge on any atom is -0.366 e. The minimum atomic E-state index is 0.539. The molecule has 0 aromatic carbocycles. The van der Waals surface area contributed by atoms with Gasteiger partial charge in [0.25, 0.3) is 0 Å². The van der Waals surface area contributed by atoms with E-state index in [1.165, 1.54) is 25.9 Å². The first-order valence-electron chi connectivity index (χ1n) is 7.99. The highest BCUT2D eigenvalue weighted by atomic mass is 15.2. The number of anilines is 1. The lowest BCUT2D eigenvalue weighted by Gasteiger charge is -2.14. The predicted molar refractivity (Wildman–Crippen MR) is 85.5 cm³/mol. The summed E-state index contributed by atoms with van der Waals surface area (Å²) in [6.07, 6.45) is 8.14. The molecule has 0 amide bonds. The van der Waals surface area contributed by atoms with Gasteiger partial charge in [-0.3, -0.25) is 9.67 Å². The van der Waals surface area contributed by atoms with E-state index in [1.807, 2.05) is 37.2 Å². The van der Waals surface area contributed by atoms with Crippen LogP contribution in [0.25, 0.3) is 11.3 Å². The number of nitrogens with one attached hydrogen (secondary N) is 2. The minimum absolute atomic E-state index is 0.539. The second-order valence-electron chi connectivity index (χ2n) is 6.58. The Bertz CT molecular complexity index is 650. The fraction of sp³-hybridized carbons (Fsp3) is 0.562. The molecule has 2 aliphatic rings. The van der Waals surface area contributed by atoms with Crippen molar-refractivity contribution < 1.29 is 0 Å². The summed E-state index contributed by atoms with van der Waals surface area (Å²) in [4.78, 5) is 9.08. The van der Waals surface area contributed by atoms with E-state index < -0.39 is 0 Å². The Morgan fingerprint density at radius 1 is 1.18 bits per heavy atom. The molecule has 2 atom stereocenters. The topological polar surface area (TPSA) is 67.7 Å². The molecule has 2 unspecified atom stereocenters. The molecular weight excluding hydrogens is 276 g/mol. The van der Waals surface area contributed by atoms with Crippen molar-refractivity contribution in [3.8, 4) is 11.3 Å². The summed E-state index contributed by atoms with van der Waals surface area (Å²) in [5.41, 5.74) is 2.90. The zero-order valence-electron chi connectivity index (χ0n) is 13.1. The molecule has 1 saturated heterocycles. The van der Waals surface area contributed by atoms with Crippen LogP contribution in [0.3, 0.4) is 0 Å². The zero-order valence-corrected chi connectivity index (χ0v) is 13.1. The van der Waals surface area contributed by atoms with Gasteiger partial charge in [-0.1, -0.05) is 0 Å². The maximum atomic E-state index is 4.55. The smallest absolute Gasteiger partial charge is 0.144 e. The quantitative estimate of drug-likeness (QED) is 0.901. The third-order valence-corrected chi connectivity index (χ3v) is 4.95. The van der Waals surface area contributed by atoms with Gasteiger partial charge in [0.1, 0.15) is 5.82 Å². The molecule has 3 heterocycles. The summed E-state index contributed by atoms with van der Waals surface area (Å²) in [7, 11) is 1.92. The first kappa shape index (κ1) is 13.7. The lowest BCUT2D eigenvalue weighted by atomic mass is 10.0. The Kier molecular flexibility index (Phi) is 3.33. The Morgan fingerprint density at radius 3 is 2.55 bits per heavy atom. The van der Waals surface area contributed by atoms with Gasteiger partial charge >= 0.3 is 0 Å². The van der Waals surface area contributed by atoms with Gasteiger partial charge in [0.2, 0.25) is 0 Å². The fourth-order valence-corrected chi connectivity index (χ4v) is 3.89. The number of fused-ring (bicyclic) bond motifs is 1. The molecule has 1 aliphatic heterocycles. The van der Waals surface area contributed by atoms with Gasteiger partial charge < -0.3 is 10.6 Å². The largest absolute Gasteiger partial charge is 0.366 e. The van der Waals surface area contributed by atoms with E-state index in [0.29, 0.717) is 6.04 Å². The van der Waals surface area contributed by atoms with Crippen LogP contribution in [0.5, 0.6) is 0 Å². The summed E-state index contributed by atoms with van der Waals surface area (Å²) in [5, 5.41) is 11.4. The third-order valence-electron chi connectivity index (χ3n) is 4.95. The standard InChI is InChI=1S/C16H22N6/c1-10-14(9-22(2)21-10)15-7-19-16(8-18-15)20-13-3-11-5-17-6-12(11)4-13/h7-9,11-13,17H,3-6H2,1-2H3,(H,19,20). The van der Waals surface area contributed by atoms with E-state index in [-0.39, 0.29) is 0 Å². The molecule has 2 aromatic rings. The molecule has 0 spiro atoms. The summed E-state index contributed by atoms with van der Waals surface area (Å²) in [6.45, 7) is 4.34. The molecular formula is C16H22N6. The van der Waals surface area contributed by atoms with Crippen molar-refractivity contribution in [1.82, 2.24) is 25.1 Å². The lowest BCUT2D eigenvalue weighted by Crippen LogP contribution is -2.21. The maximum absolute atomic E-state index is 4.55. The van der Waals surface area contributed by atoms with Crippen LogP contribution in [0.1, 0.15) is 18.5 Å². The van der Waals surface area contributed by atoms with Gasteiger partial charge in [-0.25, -0.2) is 4.98 Å². The van der Waals surface area contributed by atoms with E-state index >= 15 is 0 Å². The van der Waals surface area contributed by atoms with Gasteiger partial charge in [-0.15, -0.1) is 0 Å². The number of aryl methyl sites for hydroxylation is 2. The number of nitrogens with zero attached hydrogens (tertiary/aromatic N) is 4. The summed E-state index contributed by atoms with van der Waals surface area (Å²) in [5.74, 6) is 2.55. The zero-order chi connectivity index (χ0) is 15.1. The molecule has 4 rings (SSSR count). The molecule has 2 fully saturated rings. The van der Waals surface area contributed by atoms with Crippen LogP contribution in [0.4, 0.5) is 5.82 Å². The molecule has 6 nitrogen and oxygen atoms in total. The maximum Gasteiger partial charge on any atom is 0.144 e. The van der Waals surface area contributed by atoms with Gasteiger partial charge in [-0.2, -0.15) is 5.10 Å². The average molecular weight is 298 g/mol. The molecule has 0 radical (unpaired) electrons. The highest BCUT2D eigenvalue weighted by molar-refractivity contribution is 5.60. The van der Waals surface area contributed by atoms with E-state index in [1.54, 1.807) is 0 Å². The van der Waals surface area contributed by atoms with Crippen LogP contribution in [-0.4, -0.2) is 38.9 Å². The van der Waals surface area contributed by atoms with Crippen molar-refractivity contribution in [2.75, 3.05) is 18.4 Å². The van der Waals surface area contributed by atoms with Crippen LogP contribution in [0.2, 0.25) is 0 Å². The van der Waals surface area contributed by atoms with Crippen LogP contribution >= 0.6 is 0 Å². The average Bonchev–Trinajstić information content (AvgIpc) is 3.15. The predicted octanol–water partition coefficient (Wildman–Crippen LogP) is 1.60. The highest BCUT2D eigenvalue weighted by Crippen LogP contribution is 2.35. The third kappa shape index (κ3) is 2.47. The Labute approximate surface area is 130 Å².